The van der Waals surface area contributed by atoms with E-state index in [1.807, 2.05) is 0 Å². The number of phosphoric ester groups is 1. The van der Waals surface area contributed by atoms with Crippen LogP contribution in [0.5, 0.6) is 0 Å². The highest BCUT2D eigenvalue weighted by Crippen LogP contribution is 2.43. The summed E-state index contributed by atoms with van der Waals surface area (Å²) in [6, 6.07) is 0. The normalized spacial score (nSPS) is 14.4. The minimum absolute atomic E-state index is 0.0814. The van der Waals surface area contributed by atoms with Gasteiger partial charge in [-0.2, -0.15) is 0 Å². The molecule has 0 amide bonds. The number of hydrogen-bond acceptors (Lipinski definition) is 7. The molecule has 0 aromatic heterocycles. The fraction of sp³-hybridized carbons (Fsp3) is 0.646. The van der Waals surface area contributed by atoms with Crippen LogP contribution in [0.4, 0.5) is 0 Å². The Labute approximate surface area is 349 Å². The fourth-order valence-electron chi connectivity index (χ4n) is 5.50. The first-order valence-corrected chi connectivity index (χ1v) is 23.7. The van der Waals surface area contributed by atoms with E-state index in [0.29, 0.717) is 6.61 Å². The van der Waals surface area contributed by atoms with E-state index in [2.05, 4.69) is 111 Å². The topological polar surface area (TPSA) is 117 Å². The number of carbonyl (C=O) groups is 1. The fourth-order valence-corrected chi connectivity index (χ4v) is 6.26. The van der Waals surface area contributed by atoms with Crippen LogP contribution in [-0.2, 0) is 27.9 Å². The highest BCUT2D eigenvalue weighted by atomic mass is 31.2. The van der Waals surface area contributed by atoms with Crippen LogP contribution in [0.1, 0.15) is 162 Å². The van der Waals surface area contributed by atoms with Crippen LogP contribution in [0.3, 0.4) is 0 Å². The van der Waals surface area contributed by atoms with Crippen molar-refractivity contribution >= 4 is 13.8 Å². The van der Waals surface area contributed by atoms with Crippen LogP contribution in [0.2, 0.25) is 0 Å². The number of esters is 1. The average molecular weight is 816 g/mol. The van der Waals surface area contributed by atoms with Crippen molar-refractivity contribution in [2.45, 2.75) is 168 Å². The molecule has 2 unspecified atom stereocenters. The van der Waals surface area contributed by atoms with Crippen molar-refractivity contribution in [2.24, 2.45) is 5.73 Å². The minimum atomic E-state index is -4.30. The molecule has 0 aliphatic carbocycles. The lowest BCUT2D eigenvalue weighted by Crippen LogP contribution is -2.28. The molecule has 0 spiro atoms. The van der Waals surface area contributed by atoms with Gasteiger partial charge in [0.15, 0.2) is 0 Å². The third-order valence-electron chi connectivity index (χ3n) is 8.74. The minimum Gasteiger partial charge on any atom is -0.457 e. The Balaban J connectivity index is 4.15. The summed E-state index contributed by atoms with van der Waals surface area (Å²) in [5.74, 6) is -0.361. The molecular weight excluding hydrogens is 734 g/mol. The first-order valence-electron chi connectivity index (χ1n) is 22.2. The molecule has 3 N–H and O–H groups in total. The molecule has 0 bridgehead atoms. The number of carbonyl (C=O) groups excluding carboxylic acids is 1. The Morgan fingerprint density at radius 1 is 0.544 bits per heavy atom. The highest BCUT2D eigenvalue weighted by molar-refractivity contribution is 7.47. The second-order valence-electron chi connectivity index (χ2n) is 14.2. The second kappa shape index (κ2) is 44.5. The number of unbranched alkanes of at least 4 members (excludes halogenated alkanes) is 12. The zero-order chi connectivity index (χ0) is 41.6. The van der Waals surface area contributed by atoms with Crippen LogP contribution in [0.25, 0.3) is 0 Å². The Morgan fingerprint density at radius 3 is 1.47 bits per heavy atom. The predicted molar refractivity (Wildman–Crippen MR) is 242 cm³/mol. The Bertz CT molecular complexity index is 1190. The molecule has 0 radical (unpaired) electrons. The van der Waals surface area contributed by atoms with Gasteiger partial charge in [-0.1, -0.05) is 156 Å². The monoisotopic (exact) mass is 816 g/mol. The molecule has 57 heavy (non-hydrogen) atoms. The molecule has 2 atom stereocenters. The predicted octanol–water partition coefficient (Wildman–Crippen LogP) is 13.5. The maximum absolute atomic E-state index is 12.6. The standard InChI is InChI=1S/C48H82NO7P/c1-3-5-7-9-11-13-15-17-19-21-22-23-24-25-26-28-30-32-34-36-38-40-43-53-45-47(46-55-57(51,52)54-44-42-49)56-48(50)41-39-37-35-33-31-29-27-20-18-16-14-12-10-8-6-4-2/h5,7,11,13-14,16-17,19-20,22-23,25-27,30,32,47H,3-4,6,8-10,12,15,18,21,24,28-29,31,33-46,49H2,1-2H3,(H,51,52)/b7-5-,13-11-,16-14-,19-17-,23-22-,26-25-,27-20-,32-30-. The van der Waals surface area contributed by atoms with Gasteiger partial charge in [0, 0.05) is 19.6 Å². The molecular formula is C48H82NO7P. The van der Waals surface area contributed by atoms with E-state index in [1.54, 1.807) is 0 Å². The van der Waals surface area contributed by atoms with Gasteiger partial charge in [0.2, 0.25) is 0 Å². The van der Waals surface area contributed by atoms with Crippen molar-refractivity contribution < 1.29 is 32.8 Å². The summed E-state index contributed by atoms with van der Waals surface area (Å²) < 4.78 is 33.4. The smallest absolute Gasteiger partial charge is 0.457 e. The SMILES string of the molecule is CC/C=C\C/C=C\C/C=C\C/C=C\C/C=C\C/C=C\CCCCCOCC(COP(=O)(O)OCCN)OC(=O)CCCCCCC/C=C\C/C=C\CCCCCC. The van der Waals surface area contributed by atoms with E-state index in [1.165, 1.54) is 32.1 Å². The Morgan fingerprint density at radius 2 is 0.982 bits per heavy atom. The number of hydrogen-bond donors (Lipinski definition) is 2. The van der Waals surface area contributed by atoms with Gasteiger partial charge >= 0.3 is 13.8 Å². The van der Waals surface area contributed by atoms with Crippen LogP contribution >= 0.6 is 7.82 Å². The lowest BCUT2D eigenvalue weighted by molar-refractivity contribution is -0.154. The molecule has 0 saturated heterocycles. The van der Waals surface area contributed by atoms with Crippen molar-refractivity contribution in [2.75, 3.05) is 33.0 Å². The largest absolute Gasteiger partial charge is 0.472 e. The first kappa shape index (κ1) is 54.4. The summed E-state index contributed by atoms with van der Waals surface area (Å²) >= 11 is 0. The number of nitrogens with two attached hydrogens (primary N) is 1. The molecule has 0 heterocycles. The first-order chi connectivity index (χ1) is 27.9. The van der Waals surface area contributed by atoms with Gasteiger partial charge in [0.05, 0.1) is 19.8 Å². The molecule has 0 aromatic rings. The van der Waals surface area contributed by atoms with E-state index in [0.717, 1.165) is 109 Å². The molecule has 0 saturated carbocycles. The van der Waals surface area contributed by atoms with Crippen LogP contribution in [0.15, 0.2) is 97.2 Å². The zero-order valence-electron chi connectivity index (χ0n) is 36.0. The Kier molecular flexibility index (Phi) is 42.5. The maximum Gasteiger partial charge on any atom is 0.472 e. The van der Waals surface area contributed by atoms with E-state index < -0.39 is 13.9 Å². The summed E-state index contributed by atoms with van der Waals surface area (Å²) in [6.45, 7) is 4.66. The molecule has 326 valence electrons. The maximum atomic E-state index is 12.6. The summed E-state index contributed by atoms with van der Waals surface area (Å²) in [7, 11) is -4.30. The third kappa shape index (κ3) is 44.4. The van der Waals surface area contributed by atoms with Crippen LogP contribution in [-0.4, -0.2) is 49.9 Å². The van der Waals surface area contributed by atoms with Crippen LogP contribution < -0.4 is 5.73 Å². The lowest BCUT2D eigenvalue weighted by atomic mass is 10.1. The molecule has 8 nitrogen and oxygen atoms in total. The van der Waals surface area contributed by atoms with Gasteiger partial charge in [-0.3, -0.25) is 13.8 Å². The Hall–Kier alpha value is -2.58. The zero-order valence-corrected chi connectivity index (χ0v) is 36.9. The molecule has 0 aromatic carbocycles. The second-order valence-corrected chi connectivity index (χ2v) is 15.6. The van der Waals surface area contributed by atoms with Crippen LogP contribution in [0, 0.1) is 0 Å². The van der Waals surface area contributed by atoms with Crippen molar-refractivity contribution in [3.8, 4) is 0 Å². The van der Waals surface area contributed by atoms with Crippen molar-refractivity contribution in [1.29, 1.82) is 0 Å². The van der Waals surface area contributed by atoms with Gasteiger partial charge in [0.1, 0.15) is 6.10 Å². The summed E-state index contributed by atoms with van der Waals surface area (Å²) in [4.78, 5) is 22.5. The summed E-state index contributed by atoms with van der Waals surface area (Å²) in [6.07, 6.45) is 58.6. The number of phosphoric acid groups is 1. The highest BCUT2D eigenvalue weighted by Gasteiger charge is 2.25. The number of ether oxygens (including phenoxy) is 2. The van der Waals surface area contributed by atoms with Crippen molar-refractivity contribution in [3.63, 3.8) is 0 Å². The van der Waals surface area contributed by atoms with Gasteiger partial charge in [-0.15, -0.1) is 0 Å². The summed E-state index contributed by atoms with van der Waals surface area (Å²) in [5, 5.41) is 0. The quantitative estimate of drug-likeness (QED) is 0.0271. The molecule has 0 rings (SSSR count). The average Bonchev–Trinajstić information content (AvgIpc) is 3.20. The van der Waals surface area contributed by atoms with E-state index >= 15 is 0 Å². The molecule has 0 aliphatic heterocycles. The van der Waals surface area contributed by atoms with Gasteiger partial charge in [0.25, 0.3) is 0 Å². The van der Waals surface area contributed by atoms with E-state index in [4.69, 9.17) is 24.3 Å². The van der Waals surface area contributed by atoms with Gasteiger partial charge in [-0.25, -0.2) is 4.57 Å². The summed E-state index contributed by atoms with van der Waals surface area (Å²) in [5.41, 5.74) is 5.37. The van der Waals surface area contributed by atoms with Crippen molar-refractivity contribution in [3.05, 3.63) is 97.2 Å². The van der Waals surface area contributed by atoms with Gasteiger partial charge in [-0.05, 0) is 96.3 Å². The molecule has 0 aliphatic rings. The molecule has 0 fully saturated rings. The lowest BCUT2D eigenvalue weighted by Gasteiger charge is -2.20. The number of allylic oxidation sites excluding steroid dienone is 16. The van der Waals surface area contributed by atoms with Crippen molar-refractivity contribution in [1.82, 2.24) is 0 Å². The van der Waals surface area contributed by atoms with E-state index in [9.17, 15) is 14.3 Å². The van der Waals surface area contributed by atoms with E-state index in [-0.39, 0.29) is 38.8 Å². The van der Waals surface area contributed by atoms with Gasteiger partial charge < -0.3 is 20.1 Å². The number of rotatable bonds is 41. The third-order valence-corrected chi connectivity index (χ3v) is 9.72. The molecule has 9 heteroatoms.